The minimum Gasteiger partial charge on any atom is -0.393 e. The van der Waals surface area contributed by atoms with Gasteiger partial charge in [-0.15, -0.1) is 0 Å². The Bertz CT molecular complexity index is 120. The third-order valence-corrected chi connectivity index (χ3v) is 2.66. The van der Waals surface area contributed by atoms with Crippen molar-refractivity contribution in [2.45, 2.75) is 44.8 Å². The van der Waals surface area contributed by atoms with E-state index in [9.17, 15) is 5.11 Å². The maximum Gasteiger partial charge on any atom is 0.0557 e. The van der Waals surface area contributed by atoms with Crippen molar-refractivity contribution in [3.05, 3.63) is 0 Å². The van der Waals surface area contributed by atoms with E-state index in [4.69, 9.17) is 5.73 Å². The molecule has 0 bridgehead atoms. The van der Waals surface area contributed by atoms with Crippen LogP contribution < -0.4 is 5.73 Å². The van der Waals surface area contributed by atoms with Crippen LogP contribution in [0, 0.1) is 5.92 Å². The molecule has 0 spiro atoms. The van der Waals surface area contributed by atoms with Crippen LogP contribution in [0.5, 0.6) is 0 Å². The zero-order chi connectivity index (χ0) is 7.78. The lowest BCUT2D eigenvalue weighted by atomic mass is 9.86. The molecule has 2 nitrogen and oxygen atoms in total. The standard InChI is InChI=1S/C8H17NO/c1-6(10)7-4-3-5-8(7,2)9/h6-7,10H,3-5,9H2,1-2H3. The monoisotopic (exact) mass is 143 g/mol. The highest BCUT2D eigenvalue weighted by molar-refractivity contribution is 4.94. The van der Waals surface area contributed by atoms with Gasteiger partial charge < -0.3 is 10.8 Å². The Hall–Kier alpha value is -0.0800. The van der Waals surface area contributed by atoms with Gasteiger partial charge in [-0.2, -0.15) is 0 Å². The van der Waals surface area contributed by atoms with Crippen molar-refractivity contribution >= 4 is 0 Å². The maximum absolute atomic E-state index is 9.31. The molecule has 3 unspecified atom stereocenters. The van der Waals surface area contributed by atoms with Gasteiger partial charge in [-0.25, -0.2) is 0 Å². The average Bonchev–Trinajstić information content (AvgIpc) is 2.08. The molecule has 10 heavy (non-hydrogen) atoms. The van der Waals surface area contributed by atoms with Gasteiger partial charge in [0.15, 0.2) is 0 Å². The predicted molar refractivity (Wildman–Crippen MR) is 41.6 cm³/mol. The van der Waals surface area contributed by atoms with Crippen LogP contribution in [0.1, 0.15) is 33.1 Å². The first-order valence-corrected chi connectivity index (χ1v) is 4.01. The fraction of sp³-hybridized carbons (Fsp3) is 1.00. The van der Waals surface area contributed by atoms with Crippen LogP contribution in [0.15, 0.2) is 0 Å². The summed E-state index contributed by atoms with van der Waals surface area (Å²) in [6.07, 6.45) is 3.08. The average molecular weight is 143 g/mol. The van der Waals surface area contributed by atoms with E-state index in [1.807, 2.05) is 13.8 Å². The van der Waals surface area contributed by atoms with Crippen LogP contribution in [0.2, 0.25) is 0 Å². The zero-order valence-electron chi connectivity index (χ0n) is 6.80. The Labute approximate surface area is 62.4 Å². The van der Waals surface area contributed by atoms with Gasteiger partial charge in [-0.3, -0.25) is 0 Å². The van der Waals surface area contributed by atoms with E-state index in [2.05, 4.69) is 0 Å². The fourth-order valence-corrected chi connectivity index (χ4v) is 2.01. The molecule has 0 radical (unpaired) electrons. The molecule has 1 aliphatic rings. The molecule has 1 aliphatic carbocycles. The number of nitrogens with two attached hydrogens (primary N) is 1. The highest BCUT2D eigenvalue weighted by Gasteiger charge is 2.37. The van der Waals surface area contributed by atoms with E-state index >= 15 is 0 Å². The van der Waals surface area contributed by atoms with Gasteiger partial charge in [0.1, 0.15) is 0 Å². The van der Waals surface area contributed by atoms with E-state index in [0.717, 1.165) is 12.8 Å². The molecule has 1 rings (SSSR count). The van der Waals surface area contributed by atoms with Crippen molar-refractivity contribution in [1.29, 1.82) is 0 Å². The molecule has 0 amide bonds. The van der Waals surface area contributed by atoms with Gasteiger partial charge in [-0.05, 0) is 26.7 Å². The topological polar surface area (TPSA) is 46.2 Å². The molecule has 0 heterocycles. The summed E-state index contributed by atoms with van der Waals surface area (Å²) in [6.45, 7) is 3.87. The molecule has 0 aromatic heterocycles. The van der Waals surface area contributed by atoms with Crippen molar-refractivity contribution in [1.82, 2.24) is 0 Å². The van der Waals surface area contributed by atoms with Crippen molar-refractivity contribution in [3.63, 3.8) is 0 Å². The zero-order valence-corrected chi connectivity index (χ0v) is 6.80. The highest BCUT2D eigenvalue weighted by Crippen LogP contribution is 2.35. The van der Waals surface area contributed by atoms with Gasteiger partial charge >= 0.3 is 0 Å². The quantitative estimate of drug-likeness (QED) is 0.572. The van der Waals surface area contributed by atoms with Crippen LogP contribution in [-0.2, 0) is 0 Å². The Kier molecular flexibility index (Phi) is 2.02. The van der Waals surface area contributed by atoms with E-state index in [-0.39, 0.29) is 11.6 Å². The molecule has 1 fully saturated rings. The molecule has 0 aromatic carbocycles. The minimum atomic E-state index is -0.238. The predicted octanol–water partition coefficient (Wildman–Crippen LogP) is 0.885. The molecular weight excluding hydrogens is 126 g/mol. The first kappa shape index (κ1) is 8.02. The lowest BCUT2D eigenvalue weighted by Gasteiger charge is -2.28. The Morgan fingerprint density at radius 3 is 2.50 bits per heavy atom. The summed E-state index contributed by atoms with van der Waals surface area (Å²) in [7, 11) is 0. The van der Waals surface area contributed by atoms with Gasteiger partial charge in [0, 0.05) is 11.5 Å². The van der Waals surface area contributed by atoms with Crippen molar-refractivity contribution in [2.24, 2.45) is 11.7 Å². The van der Waals surface area contributed by atoms with Crippen LogP contribution in [0.25, 0.3) is 0 Å². The lowest BCUT2D eigenvalue weighted by Crippen LogP contribution is -2.44. The Morgan fingerprint density at radius 2 is 2.30 bits per heavy atom. The molecule has 3 N–H and O–H groups in total. The van der Waals surface area contributed by atoms with Crippen LogP contribution >= 0.6 is 0 Å². The van der Waals surface area contributed by atoms with E-state index in [1.165, 1.54) is 6.42 Å². The molecule has 2 heteroatoms. The van der Waals surface area contributed by atoms with E-state index < -0.39 is 0 Å². The fourth-order valence-electron chi connectivity index (χ4n) is 2.01. The summed E-state index contributed by atoms with van der Waals surface area (Å²) in [4.78, 5) is 0. The minimum absolute atomic E-state index is 0.117. The summed E-state index contributed by atoms with van der Waals surface area (Å²) in [6, 6.07) is 0. The Balaban J connectivity index is 2.59. The number of hydrogen-bond donors (Lipinski definition) is 2. The number of hydrogen-bond acceptors (Lipinski definition) is 2. The molecule has 0 aromatic rings. The summed E-state index contributed by atoms with van der Waals surface area (Å²) in [5.41, 5.74) is 5.85. The number of aliphatic hydroxyl groups excluding tert-OH is 1. The van der Waals surface area contributed by atoms with Crippen molar-refractivity contribution in [3.8, 4) is 0 Å². The smallest absolute Gasteiger partial charge is 0.0557 e. The van der Waals surface area contributed by atoms with E-state index in [1.54, 1.807) is 0 Å². The van der Waals surface area contributed by atoms with Crippen molar-refractivity contribution in [2.75, 3.05) is 0 Å². The highest BCUT2D eigenvalue weighted by atomic mass is 16.3. The third-order valence-electron chi connectivity index (χ3n) is 2.66. The SMILES string of the molecule is CC(O)C1CCCC1(C)N. The lowest BCUT2D eigenvalue weighted by molar-refractivity contribution is 0.0950. The van der Waals surface area contributed by atoms with Crippen molar-refractivity contribution < 1.29 is 5.11 Å². The molecule has 60 valence electrons. The normalized spacial score (nSPS) is 43.8. The summed E-state index contributed by atoms with van der Waals surface area (Å²) in [5, 5.41) is 9.31. The third kappa shape index (κ3) is 1.32. The molecule has 3 atom stereocenters. The largest absolute Gasteiger partial charge is 0.393 e. The first-order chi connectivity index (χ1) is 4.54. The first-order valence-electron chi connectivity index (χ1n) is 4.01. The summed E-state index contributed by atoms with van der Waals surface area (Å²) >= 11 is 0. The van der Waals surface area contributed by atoms with Gasteiger partial charge in [0.05, 0.1) is 6.10 Å². The van der Waals surface area contributed by atoms with Gasteiger partial charge in [-0.1, -0.05) is 6.42 Å². The maximum atomic E-state index is 9.31. The number of rotatable bonds is 1. The van der Waals surface area contributed by atoms with Crippen LogP contribution in [0.3, 0.4) is 0 Å². The second-order valence-corrected chi connectivity index (χ2v) is 3.75. The molecule has 0 saturated heterocycles. The van der Waals surface area contributed by atoms with E-state index in [0.29, 0.717) is 5.92 Å². The summed E-state index contributed by atoms with van der Waals surface area (Å²) < 4.78 is 0. The van der Waals surface area contributed by atoms with Crippen LogP contribution in [0.4, 0.5) is 0 Å². The second kappa shape index (κ2) is 2.51. The Morgan fingerprint density at radius 1 is 1.70 bits per heavy atom. The molecule has 0 aliphatic heterocycles. The molecular formula is C8H17NO. The number of aliphatic hydroxyl groups is 1. The van der Waals surface area contributed by atoms with Gasteiger partial charge in [0.2, 0.25) is 0 Å². The summed E-state index contributed by atoms with van der Waals surface area (Å²) in [5.74, 6) is 0.312. The second-order valence-electron chi connectivity index (χ2n) is 3.75. The molecule has 1 saturated carbocycles. The van der Waals surface area contributed by atoms with Crippen LogP contribution in [-0.4, -0.2) is 16.7 Å². The van der Waals surface area contributed by atoms with Gasteiger partial charge in [0.25, 0.3) is 0 Å².